The Morgan fingerprint density at radius 3 is 2.47 bits per heavy atom. The summed E-state index contributed by atoms with van der Waals surface area (Å²) in [6.45, 7) is 9.93. The van der Waals surface area contributed by atoms with Gasteiger partial charge in [-0.05, 0) is 51.1 Å². The molecule has 5 unspecified atom stereocenters. The van der Waals surface area contributed by atoms with E-state index in [9.17, 15) is 0 Å². The van der Waals surface area contributed by atoms with Crippen molar-refractivity contribution in [3.05, 3.63) is 0 Å². The molecule has 1 heterocycles. The van der Waals surface area contributed by atoms with Gasteiger partial charge in [0.1, 0.15) is 0 Å². The van der Waals surface area contributed by atoms with Crippen molar-refractivity contribution >= 4 is 0 Å². The van der Waals surface area contributed by atoms with E-state index in [1.54, 1.807) is 0 Å². The summed E-state index contributed by atoms with van der Waals surface area (Å²) in [7, 11) is 2.11. The Morgan fingerprint density at radius 2 is 1.88 bits per heavy atom. The van der Waals surface area contributed by atoms with E-state index in [0.29, 0.717) is 0 Å². The highest BCUT2D eigenvalue weighted by Gasteiger charge is 2.34. The lowest BCUT2D eigenvalue weighted by Crippen LogP contribution is -2.53. The molecule has 17 heavy (non-hydrogen) atoms. The van der Waals surface area contributed by atoms with E-state index in [1.807, 2.05) is 0 Å². The normalized spacial score (nSPS) is 44.1. The predicted octanol–water partition coefficient (Wildman–Crippen LogP) is 2.74. The third-order valence-electron chi connectivity index (χ3n) is 5.58. The highest BCUT2D eigenvalue weighted by Crippen LogP contribution is 2.34. The van der Waals surface area contributed by atoms with Crippen LogP contribution in [0.2, 0.25) is 0 Å². The second kappa shape index (κ2) is 5.71. The highest BCUT2D eigenvalue weighted by molar-refractivity contribution is 4.89. The molecule has 2 nitrogen and oxygen atoms in total. The molecule has 1 N–H and O–H groups in total. The van der Waals surface area contributed by atoms with Gasteiger partial charge in [-0.1, -0.05) is 26.7 Å². The Bertz CT molecular complexity index is 241. The standard InChI is InChI=1S/C15H30N2/c1-11-6-5-7-14(11)10-17-9-8-15(16-4)12(2)13(17)3/h11-16H,5-10H2,1-4H3. The SMILES string of the molecule is CNC1CCN(CC2CCCC2C)C(C)C1C. The second-order valence-electron chi connectivity index (χ2n) is 6.45. The molecular weight excluding hydrogens is 208 g/mol. The first-order chi connectivity index (χ1) is 8.13. The zero-order valence-corrected chi connectivity index (χ0v) is 12.1. The van der Waals surface area contributed by atoms with Gasteiger partial charge in [0.15, 0.2) is 0 Å². The van der Waals surface area contributed by atoms with Gasteiger partial charge in [-0.25, -0.2) is 0 Å². The molecular formula is C15H30N2. The molecule has 2 rings (SSSR count). The Labute approximate surface area is 107 Å². The molecule has 0 radical (unpaired) electrons. The summed E-state index contributed by atoms with van der Waals surface area (Å²) in [5.41, 5.74) is 0. The van der Waals surface area contributed by atoms with Gasteiger partial charge in [0.25, 0.3) is 0 Å². The summed E-state index contributed by atoms with van der Waals surface area (Å²) in [6.07, 6.45) is 5.71. The quantitative estimate of drug-likeness (QED) is 0.813. The minimum atomic E-state index is 0.724. The summed E-state index contributed by atoms with van der Waals surface area (Å²) in [6, 6.07) is 1.47. The van der Waals surface area contributed by atoms with Crippen LogP contribution in [0, 0.1) is 17.8 Å². The van der Waals surface area contributed by atoms with Gasteiger partial charge in [0.2, 0.25) is 0 Å². The van der Waals surface area contributed by atoms with E-state index < -0.39 is 0 Å². The molecule has 0 amide bonds. The van der Waals surface area contributed by atoms with Crippen molar-refractivity contribution in [2.45, 2.75) is 58.5 Å². The lowest BCUT2D eigenvalue weighted by atomic mass is 9.85. The molecule has 1 saturated carbocycles. The van der Waals surface area contributed by atoms with E-state index >= 15 is 0 Å². The average Bonchev–Trinajstić information content (AvgIpc) is 2.71. The van der Waals surface area contributed by atoms with Gasteiger partial charge >= 0.3 is 0 Å². The number of nitrogens with zero attached hydrogens (tertiary/aromatic N) is 1. The molecule has 0 aromatic heterocycles. The Balaban J connectivity index is 1.89. The Hall–Kier alpha value is -0.0800. The van der Waals surface area contributed by atoms with Crippen LogP contribution in [-0.2, 0) is 0 Å². The fraction of sp³-hybridized carbons (Fsp3) is 1.00. The molecule has 2 fully saturated rings. The van der Waals surface area contributed by atoms with Crippen molar-refractivity contribution in [3.63, 3.8) is 0 Å². The topological polar surface area (TPSA) is 15.3 Å². The molecule has 1 aliphatic carbocycles. The van der Waals surface area contributed by atoms with Crippen molar-refractivity contribution in [1.82, 2.24) is 10.2 Å². The third-order valence-corrected chi connectivity index (χ3v) is 5.58. The van der Waals surface area contributed by atoms with E-state index in [0.717, 1.165) is 29.8 Å². The van der Waals surface area contributed by atoms with Crippen LogP contribution in [0.15, 0.2) is 0 Å². The summed E-state index contributed by atoms with van der Waals surface area (Å²) in [5.74, 6) is 2.71. The van der Waals surface area contributed by atoms with Crippen LogP contribution < -0.4 is 5.32 Å². The van der Waals surface area contributed by atoms with Gasteiger partial charge < -0.3 is 5.32 Å². The first-order valence-corrected chi connectivity index (χ1v) is 7.54. The van der Waals surface area contributed by atoms with Gasteiger partial charge in [-0.15, -0.1) is 0 Å². The minimum Gasteiger partial charge on any atom is -0.317 e. The summed E-state index contributed by atoms with van der Waals surface area (Å²) in [5, 5.41) is 3.48. The van der Waals surface area contributed by atoms with Gasteiger partial charge in [0.05, 0.1) is 0 Å². The summed E-state index contributed by atoms with van der Waals surface area (Å²) >= 11 is 0. The smallest absolute Gasteiger partial charge is 0.0117 e. The molecule has 1 aliphatic heterocycles. The fourth-order valence-electron chi connectivity index (χ4n) is 3.90. The van der Waals surface area contributed by atoms with E-state index in [4.69, 9.17) is 0 Å². The van der Waals surface area contributed by atoms with E-state index in [1.165, 1.54) is 38.8 Å². The molecule has 2 aliphatic rings. The van der Waals surface area contributed by atoms with Crippen LogP contribution in [0.3, 0.4) is 0 Å². The van der Waals surface area contributed by atoms with Crippen molar-refractivity contribution in [3.8, 4) is 0 Å². The number of hydrogen-bond donors (Lipinski definition) is 1. The number of piperidine rings is 1. The van der Waals surface area contributed by atoms with Crippen molar-refractivity contribution < 1.29 is 0 Å². The van der Waals surface area contributed by atoms with Crippen LogP contribution in [0.1, 0.15) is 46.5 Å². The lowest BCUT2D eigenvalue weighted by Gasteiger charge is -2.44. The van der Waals surface area contributed by atoms with Crippen LogP contribution in [0.4, 0.5) is 0 Å². The van der Waals surface area contributed by atoms with Crippen molar-refractivity contribution in [2.24, 2.45) is 17.8 Å². The fourth-order valence-corrected chi connectivity index (χ4v) is 3.90. The number of likely N-dealkylation sites (tertiary alicyclic amines) is 1. The highest BCUT2D eigenvalue weighted by atomic mass is 15.2. The molecule has 100 valence electrons. The molecule has 2 heteroatoms. The maximum Gasteiger partial charge on any atom is 0.0117 e. The van der Waals surface area contributed by atoms with Crippen molar-refractivity contribution in [1.29, 1.82) is 0 Å². The number of nitrogens with one attached hydrogen (secondary N) is 1. The third kappa shape index (κ3) is 2.85. The Kier molecular flexibility index (Phi) is 4.48. The maximum atomic E-state index is 3.48. The molecule has 5 atom stereocenters. The second-order valence-corrected chi connectivity index (χ2v) is 6.45. The van der Waals surface area contributed by atoms with Gasteiger partial charge in [-0.2, -0.15) is 0 Å². The largest absolute Gasteiger partial charge is 0.317 e. The summed E-state index contributed by atoms with van der Waals surface area (Å²) in [4.78, 5) is 2.75. The maximum absolute atomic E-state index is 3.48. The van der Waals surface area contributed by atoms with E-state index in [2.05, 4.69) is 38.0 Å². The average molecular weight is 238 g/mol. The molecule has 1 saturated heterocycles. The molecule has 0 bridgehead atoms. The van der Waals surface area contributed by atoms with Gasteiger partial charge in [-0.3, -0.25) is 4.90 Å². The first kappa shape index (κ1) is 13.4. The Morgan fingerprint density at radius 1 is 1.12 bits per heavy atom. The molecule has 0 aromatic carbocycles. The van der Waals surface area contributed by atoms with E-state index in [-0.39, 0.29) is 0 Å². The molecule has 0 spiro atoms. The minimum absolute atomic E-state index is 0.724. The predicted molar refractivity (Wildman–Crippen MR) is 74.2 cm³/mol. The zero-order chi connectivity index (χ0) is 12.4. The lowest BCUT2D eigenvalue weighted by molar-refractivity contribution is 0.0675. The molecule has 0 aromatic rings. The zero-order valence-electron chi connectivity index (χ0n) is 12.1. The van der Waals surface area contributed by atoms with Crippen LogP contribution in [0.25, 0.3) is 0 Å². The monoisotopic (exact) mass is 238 g/mol. The van der Waals surface area contributed by atoms with Crippen LogP contribution >= 0.6 is 0 Å². The number of rotatable bonds is 3. The van der Waals surface area contributed by atoms with Crippen LogP contribution in [-0.4, -0.2) is 37.1 Å². The van der Waals surface area contributed by atoms with Crippen molar-refractivity contribution in [2.75, 3.05) is 20.1 Å². The number of hydrogen-bond acceptors (Lipinski definition) is 2. The van der Waals surface area contributed by atoms with Crippen LogP contribution in [0.5, 0.6) is 0 Å². The van der Waals surface area contributed by atoms with Gasteiger partial charge in [0, 0.05) is 18.6 Å². The first-order valence-electron chi connectivity index (χ1n) is 7.54. The summed E-state index contributed by atoms with van der Waals surface area (Å²) < 4.78 is 0.